The van der Waals surface area contributed by atoms with E-state index in [-0.39, 0.29) is 30.3 Å². The van der Waals surface area contributed by atoms with Crippen LogP contribution in [-0.2, 0) is 14.4 Å². The predicted molar refractivity (Wildman–Crippen MR) is 130 cm³/mol. The summed E-state index contributed by atoms with van der Waals surface area (Å²) in [7, 11) is 1.57. The van der Waals surface area contributed by atoms with Crippen LogP contribution in [0.25, 0.3) is 5.57 Å². The summed E-state index contributed by atoms with van der Waals surface area (Å²) < 4.78 is 5.55. The van der Waals surface area contributed by atoms with Crippen LogP contribution in [-0.4, -0.2) is 46.6 Å². The Balaban J connectivity index is 1.63. The molecule has 0 spiro atoms. The highest BCUT2D eigenvalue weighted by molar-refractivity contribution is 8.26. The number of anilines is 2. The summed E-state index contributed by atoms with van der Waals surface area (Å²) in [6, 6.07) is 14.0. The van der Waals surface area contributed by atoms with E-state index in [9.17, 15) is 14.4 Å². The number of ether oxygens (including phenoxy) is 1. The number of hydrogen-bond acceptors (Lipinski definition) is 6. The number of nitrogens with one attached hydrogen (secondary N) is 1. The fourth-order valence-corrected chi connectivity index (χ4v) is 5.25. The van der Waals surface area contributed by atoms with Crippen LogP contribution in [0.3, 0.4) is 0 Å². The van der Waals surface area contributed by atoms with E-state index in [1.54, 1.807) is 55.6 Å². The number of carbonyl (C=O) groups is 3. The van der Waals surface area contributed by atoms with Gasteiger partial charge in [0.05, 0.1) is 23.3 Å². The zero-order valence-corrected chi connectivity index (χ0v) is 19.4. The van der Waals surface area contributed by atoms with Crippen molar-refractivity contribution in [2.24, 2.45) is 0 Å². The number of benzene rings is 2. The van der Waals surface area contributed by atoms with Gasteiger partial charge in [-0.3, -0.25) is 24.2 Å². The van der Waals surface area contributed by atoms with E-state index >= 15 is 0 Å². The van der Waals surface area contributed by atoms with Gasteiger partial charge >= 0.3 is 0 Å². The van der Waals surface area contributed by atoms with E-state index in [1.165, 1.54) is 9.80 Å². The first-order valence-electron chi connectivity index (χ1n) is 9.96. The van der Waals surface area contributed by atoms with Gasteiger partial charge in [-0.1, -0.05) is 42.2 Å². The molecule has 0 aliphatic carbocycles. The first-order valence-corrected chi connectivity index (χ1v) is 11.2. The van der Waals surface area contributed by atoms with Crippen LogP contribution in [0.1, 0.15) is 19.4 Å². The molecule has 0 atom stereocenters. The molecule has 9 heteroatoms. The third-order valence-corrected chi connectivity index (χ3v) is 6.54. The van der Waals surface area contributed by atoms with E-state index in [1.807, 2.05) is 13.8 Å². The molecule has 3 amide bonds. The van der Waals surface area contributed by atoms with Crippen molar-refractivity contribution in [2.75, 3.05) is 23.9 Å². The van der Waals surface area contributed by atoms with E-state index < -0.39 is 0 Å². The maximum Gasteiger partial charge on any atom is 0.267 e. The number of thioether (sulfide) groups is 1. The van der Waals surface area contributed by atoms with Crippen molar-refractivity contribution in [2.45, 2.75) is 19.9 Å². The fourth-order valence-electron chi connectivity index (χ4n) is 3.65. The van der Waals surface area contributed by atoms with Gasteiger partial charge in [0.1, 0.15) is 16.6 Å². The summed E-state index contributed by atoms with van der Waals surface area (Å²) in [5, 5.41) is 2.79. The first kappa shape index (κ1) is 22.0. The summed E-state index contributed by atoms with van der Waals surface area (Å²) in [6.07, 6.45) is 0. The molecule has 1 fully saturated rings. The van der Waals surface area contributed by atoms with Crippen molar-refractivity contribution in [3.05, 3.63) is 59.0 Å². The summed E-state index contributed by atoms with van der Waals surface area (Å²) in [6.45, 7) is 3.56. The average molecular weight is 468 g/mol. The SMILES string of the molecule is COc1ccc(NC(=O)CN2C(=O)/C(=C3\SC(=S)N(C(C)C)C3=O)c3ccccc32)cc1. The molecular weight excluding hydrogens is 446 g/mol. The van der Waals surface area contributed by atoms with Gasteiger partial charge in [0, 0.05) is 17.3 Å². The molecule has 2 heterocycles. The van der Waals surface area contributed by atoms with Gasteiger partial charge in [0.25, 0.3) is 11.8 Å². The molecule has 164 valence electrons. The van der Waals surface area contributed by atoms with E-state index in [0.29, 0.717) is 37.5 Å². The van der Waals surface area contributed by atoms with Crippen LogP contribution in [0.4, 0.5) is 11.4 Å². The third kappa shape index (κ3) is 3.89. The van der Waals surface area contributed by atoms with Gasteiger partial charge < -0.3 is 10.1 Å². The molecule has 32 heavy (non-hydrogen) atoms. The molecule has 0 unspecified atom stereocenters. The van der Waals surface area contributed by atoms with Crippen LogP contribution in [0.15, 0.2) is 53.4 Å². The lowest BCUT2D eigenvalue weighted by molar-refractivity contribution is -0.123. The number of hydrogen-bond donors (Lipinski definition) is 1. The third-order valence-electron chi connectivity index (χ3n) is 5.14. The van der Waals surface area contributed by atoms with Gasteiger partial charge in [0.2, 0.25) is 5.91 Å². The van der Waals surface area contributed by atoms with Crippen molar-refractivity contribution in [3.63, 3.8) is 0 Å². The zero-order chi connectivity index (χ0) is 23.0. The van der Waals surface area contributed by atoms with Gasteiger partial charge in [-0.15, -0.1) is 0 Å². The first-order chi connectivity index (χ1) is 15.3. The number of methoxy groups -OCH3 is 1. The summed E-state index contributed by atoms with van der Waals surface area (Å²) in [5.41, 5.74) is 2.10. The maximum absolute atomic E-state index is 13.4. The van der Waals surface area contributed by atoms with Gasteiger partial charge in [-0.2, -0.15) is 0 Å². The Morgan fingerprint density at radius 3 is 2.41 bits per heavy atom. The number of fused-ring (bicyclic) bond motifs is 1. The molecule has 2 aromatic rings. The number of para-hydroxylation sites is 1. The lowest BCUT2D eigenvalue weighted by Gasteiger charge is -2.18. The molecule has 1 saturated heterocycles. The summed E-state index contributed by atoms with van der Waals surface area (Å²) in [4.78, 5) is 42.3. The predicted octanol–water partition coefficient (Wildman–Crippen LogP) is 3.66. The quantitative estimate of drug-likeness (QED) is 0.534. The Kier molecular flexibility index (Phi) is 6.03. The summed E-state index contributed by atoms with van der Waals surface area (Å²) >= 11 is 6.50. The van der Waals surface area contributed by atoms with E-state index in [0.717, 1.165) is 11.8 Å². The van der Waals surface area contributed by atoms with Crippen LogP contribution in [0.5, 0.6) is 5.75 Å². The van der Waals surface area contributed by atoms with Crippen molar-refractivity contribution in [1.29, 1.82) is 0 Å². The Hall–Kier alpha value is -3.17. The lowest BCUT2D eigenvalue weighted by Crippen LogP contribution is -2.36. The van der Waals surface area contributed by atoms with E-state index in [2.05, 4.69) is 5.32 Å². The second-order valence-corrected chi connectivity index (χ2v) is 9.17. The molecule has 0 saturated carbocycles. The minimum atomic E-state index is -0.389. The largest absolute Gasteiger partial charge is 0.497 e. The van der Waals surface area contributed by atoms with Gasteiger partial charge in [0.15, 0.2) is 0 Å². The molecule has 2 aliphatic heterocycles. The van der Waals surface area contributed by atoms with E-state index in [4.69, 9.17) is 17.0 Å². The molecular formula is C23H21N3O4S2. The highest BCUT2D eigenvalue weighted by Gasteiger charge is 2.43. The molecule has 0 radical (unpaired) electrons. The van der Waals surface area contributed by atoms with Crippen molar-refractivity contribution in [1.82, 2.24) is 4.90 Å². The molecule has 1 N–H and O–H groups in total. The molecule has 2 aliphatic rings. The minimum absolute atomic E-state index is 0.112. The maximum atomic E-state index is 13.4. The lowest BCUT2D eigenvalue weighted by atomic mass is 10.1. The molecule has 7 nitrogen and oxygen atoms in total. The highest BCUT2D eigenvalue weighted by Crippen LogP contribution is 2.44. The van der Waals surface area contributed by atoms with Crippen LogP contribution < -0.4 is 15.0 Å². The number of thiocarbonyl (C=S) groups is 1. The molecule has 0 bridgehead atoms. The van der Waals surface area contributed by atoms with Crippen molar-refractivity contribution in [3.8, 4) is 5.75 Å². The minimum Gasteiger partial charge on any atom is -0.497 e. The number of carbonyl (C=O) groups excluding carboxylic acids is 3. The fraction of sp³-hybridized carbons (Fsp3) is 0.217. The monoisotopic (exact) mass is 467 g/mol. The average Bonchev–Trinajstić information content (AvgIpc) is 3.21. The normalized spacial score (nSPS) is 17.9. The van der Waals surface area contributed by atoms with Crippen LogP contribution in [0.2, 0.25) is 0 Å². The zero-order valence-electron chi connectivity index (χ0n) is 17.7. The van der Waals surface area contributed by atoms with Gasteiger partial charge in [-0.25, -0.2) is 0 Å². The number of nitrogens with zero attached hydrogens (tertiary/aromatic N) is 2. The molecule has 0 aromatic heterocycles. The molecule has 2 aromatic carbocycles. The number of amides is 3. The number of rotatable bonds is 5. The smallest absolute Gasteiger partial charge is 0.267 e. The second kappa shape index (κ2) is 8.76. The van der Waals surface area contributed by atoms with Crippen molar-refractivity contribution < 1.29 is 19.1 Å². The Morgan fingerprint density at radius 1 is 1.09 bits per heavy atom. The molecule has 4 rings (SSSR count). The Bertz CT molecular complexity index is 1160. The van der Waals surface area contributed by atoms with Gasteiger partial charge in [-0.05, 0) is 44.2 Å². The Morgan fingerprint density at radius 2 is 1.78 bits per heavy atom. The summed E-state index contributed by atoms with van der Waals surface area (Å²) in [5.74, 6) is -0.345. The highest BCUT2D eigenvalue weighted by atomic mass is 32.2. The van der Waals surface area contributed by atoms with Crippen LogP contribution in [0, 0.1) is 0 Å². The standard InChI is InChI=1S/C23H21N3O4S2/c1-13(2)26-22(29)20(32-23(26)31)19-16-6-4-5-7-17(16)25(21(19)28)12-18(27)24-14-8-10-15(30-3)11-9-14/h4-11,13H,12H2,1-3H3,(H,24,27)/b20-19-. The Labute approximate surface area is 195 Å². The van der Waals surface area contributed by atoms with Crippen LogP contribution >= 0.6 is 24.0 Å². The van der Waals surface area contributed by atoms with Crippen molar-refractivity contribution >= 4 is 63.0 Å². The second-order valence-electron chi connectivity index (χ2n) is 7.53. The topological polar surface area (TPSA) is 79.0 Å².